The Hall–Kier alpha value is -2.67. The molecular formula is C20H21N3O3S. The summed E-state index contributed by atoms with van der Waals surface area (Å²) in [4.78, 5) is 35.0. The molecule has 1 N–H and O–H groups in total. The van der Waals surface area contributed by atoms with Crippen molar-refractivity contribution in [3.8, 4) is 0 Å². The van der Waals surface area contributed by atoms with Gasteiger partial charge in [0, 0.05) is 12.2 Å². The van der Waals surface area contributed by atoms with Crippen molar-refractivity contribution in [1.82, 2.24) is 14.9 Å². The minimum atomic E-state index is -0.426. The second kappa shape index (κ2) is 6.81. The van der Waals surface area contributed by atoms with Crippen LogP contribution < -0.4 is 0 Å². The Morgan fingerprint density at radius 1 is 1.30 bits per heavy atom. The molecule has 0 bridgehead atoms. The zero-order valence-electron chi connectivity index (χ0n) is 15.5. The van der Waals surface area contributed by atoms with E-state index in [1.54, 1.807) is 25.2 Å². The third-order valence-electron chi connectivity index (χ3n) is 5.15. The van der Waals surface area contributed by atoms with E-state index in [0.29, 0.717) is 29.1 Å². The number of fused-ring (bicyclic) bond motifs is 1. The van der Waals surface area contributed by atoms with E-state index in [0.717, 1.165) is 28.1 Å². The first-order chi connectivity index (χ1) is 13.0. The normalized spacial score (nSPS) is 16.9. The Bertz CT molecular complexity index is 1000. The monoisotopic (exact) mass is 383 g/mol. The Balaban J connectivity index is 1.68. The summed E-state index contributed by atoms with van der Waals surface area (Å²) in [5.41, 5.74) is 3.16. The van der Waals surface area contributed by atoms with Crippen molar-refractivity contribution in [2.24, 2.45) is 0 Å². The van der Waals surface area contributed by atoms with E-state index in [-0.39, 0.29) is 11.9 Å². The average molecular weight is 383 g/mol. The molecule has 1 aromatic carbocycles. The second-order valence-electron chi connectivity index (χ2n) is 6.79. The molecule has 7 heteroatoms. The van der Waals surface area contributed by atoms with Crippen molar-refractivity contribution in [1.29, 1.82) is 0 Å². The number of hydrogen-bond acceptors (Lipinski definition) is 5. The number of ether oxygens (including phenoxy) is 1. The SMILES string of the molecule is COC(=O)c1c(C)[nH]c(C(=O)N2CCCC2c2nc3ccccc3s2)c1C. The summed E-state index contributed by atoms with van der Waals surface area (Å²) in [7, 11) is 1.35. The smallest absolute Gasteiger partial charge is 0.339 e. The van der Waals surface area contributed by atoms with Crippen LogP contribution in [0.5, 0.6) is 0 Å². The topological polar surface area (TPSA) is 75.3 Å². The van der Waals surface area contributed by atoms with Crippen molar-refractivity contribution >= 4 is 33.4 Å². The average Bonchev–Trinajstić information content (AvgIpc) is 3.37. The molecule has 1 aliphatic heterocycles. The lowest BCUT2D eigenvalue weighted by Gasteiger charge is -2.23. The standard InChI is InChI=1S/C20H21N3O3S/c1-11-16(20(25)26-3)12(2)21-17(11)19(24)23-10-6-8-14(23)18-22-13-7-4-5-9-15(13)27-18/h4-5,7,9,14,21H,6,8,10H2,1-3H3. The fourth-order valence-corrected chi connectivity index (χ4v) is 4.93. The number of likely N-dealkylation sites (tertiary alicyclic amines) is 1. The predicted molar refractivity (Wildman–Crippen MR) is 104 cm³/mol. The number of nitrogens with zero attached hydrogens (tertiary/aromatic N) is 2. The molecule has 3 heterocycles. The number of nitrogens with one attached hydrogen (secondary N) is 1. The number of para-hydroxylation sites is 1. The first kappa shape index (κ1) is 17.7. The van der Waals surface area contributed by atoms with Crippen molar-refractivity contribution in [2.75, 3.05) is 13.7 Å². The van der Waals surface area contributed by atoms with E-state index in [4.69, 9.17) is 9.72 Å². The van der Waals surface area contributed by atoms with Gasteiger partial charge in [0.2, 0.25) is 0 Å². The summed E-state index contributed by atoms with van der Waals surface area (Å²) in [5, 5.41) is 0.969. The Kier molecular flexibility index (Phi) is 4.47. The molecule has 1 fully saturated rings. The molecule has 4 rings (SSSR count). The highest BCUT2D eigenvalue weighted by Crippen LogP contribution is 2.37. The van der Waals surface area contributed by atoms with Crippen LogP contribution >= 0.6 is 11.3 Å². The van der Waals surface area contributed by atoms with Gasteiger partial charge in [-0.25, -0.2) is 9.78 Å². The number of thiazole rings is 1. The van der Waals surface area contributed by atoms with Gasteiger partial charge in [-0.3, -0.25) is 4.79 Å². The van der Waals surface area contributed by atoms with Crippen LogP contribution in [0, 0.1) is 13.8 Å². The number of carbonyl (C=O) groups is 2. The van der Waals surface area contributed by atoms with Crippen LogP contribution in [-0.2, 0) is 4.74 Å². The van der Waals surface area contributed by atoms with Crippen LogP contribution in [0.4, 0.5) is 0 Å². The predicted octanol–water partition coefficient (Wildman–Crippen LogP) is 4.01. The van der Waals surface area contributed by atoms with Gasteiger partial charge in [0.25, 0.3) is 5.91 Å². The quantitative estimate of drug-likeness (QED) is 0.694. The third kappa shape index (κ3) is 2.92. The first-order valence-corrected chi connectivity index (χ1v) is 9.76. The van der Waals surface area contributed by atoms with Gasteiger partial charge in [0.15, 0.2) is 0 Å². The number of benzene rings is 1. The number of esters is 1. The van der Waals surface area contributed by atoms with E-state index in [9.17, 15) is 9.59 Å². The molecule has 1 aliphatic rings. The summed E-state index contributed by atoms with van der Waals surface area (Å²) in [5.74, 6) is -0.517. The van der Waals surface area contributed by atoms with E-state index in [1.807, 2.05) is 23.1 Å². The molecule has 3 aromatic rings. The number of hydrogen-bond donors (Lipinski definition) is 1. The number of aryl methyl sites for hydroxylation is 1. The van der Waals surface area contributed by atoms with Gasteiger partial charge >= 0.3 is 5.97 Å². The number of aromatic nitrogens is 2. The van der Waals surface area contributed by atoms with Crippen LogP contribution in [0.2, 0.25) is 0 Å². The molecule has 0 spiro atoms. The number of aromatic amines is 1. The zero-order valence-corrected chi connectivity index (χ0v) is 16.4. The second-order valence-corrected chi connectivity index (χ2v) is 7.86. The molecule has 27 heavy (non-hydrogen) atoms. The van der Waals surface area contributed by atoms with Gasteiger partial charge in [0.05, 0.1) is 28.9 Å². The molecule has 0 saturated carbocycles. The van der Waals surface area contributed by atoms with E-state index in [2.05, 4.69) is 11.1 Å². The number of methoxy groups -OCH3 is 1. The van der Waals surface area contributed by atoms with Gasteiger partial charge in [-0.1, -0.05) is 12.1 Å². The lowest BCUT2D eigenvalue weighted by Crippen LogP contribution is -2.31. The van der Waals surface area contributed by atoms with E-state index >= 15 is 0 Å². The molecular weight excluding hydrogens is 362 g/mol. The summed E-state index contributed by atoms with van der Waals surface area (Å²) in [6.45, 7) is 4.25. The maximum Gasteiger partial charge on any atom is 0.339 e. The van der Waals surface area contributed by atoms with Gasteiger partial charge < -0.3 is 14.6 Å². The van der Waals surface area contributed by atoms with Gasteiger partial charge in [0.1, 0.15) is 10.7 Å². The molecule has 1 amide bonds. The lowest BCUT2D eigenvalue weighted by atomic mass is 10.1. The molecule has 2 aromatic heterocycles. The largest absolute Gasteiger partial charge is 0.465 e. The minimum absolute atomic E-state index is 0.0283. The Labute approximate surface area is 161 Å². The summed E-state index contributed by atoms with van der Waals surface area (Å²) in [6, 6.07) is 8.00. The third-order valence-corrected chi connectivity index (χ3v) is 6.29. The van der Waals surface area contributed by atoms with Crippen molar-refractivity contribution < 1.29 is 14.3 Å². The van der Waals surface area contributed by atoms with Crippen LogP contribution in [0.25, 0.3) is 10.2 Å². The first-order valence-electron chi connectivity index (χ1n) is 8.95. The molecule has 6 nitrogen and oxygen atoms in total. The van der Waals surface area contributed by atoms with Crippen LogP contribution in [0.1, 0.15) is 56.0 Å². The highest BCUT2D eigenvalue weighted by atomic mass is 32.1. The molecule has 1 atom stereocenters. The highest BCUT2D eigenvalue weighted by molar-refractivity contribution is 7.18. The molecule has 1 saturated heterocycles. The van der Waals surface area contributed by atoms with Crippen molar-refractivity contribution in [2.45, 2.75) is 32.7 Å². The fourth-order valence-electron chi connectivity index (χ4n) is 3.81. The maximum atomic E-state index is 13.3. The number of rotatable bonds is 3. The molecule has 140 valence electrons. The Morgan fingerprint density at radius 2 is 2.07 bits per heavy atom. The molecule has 1 unspecified atom stereocenters. The fraction of sp³-hybridized carbons (Fsp3) is 0.350. The zero-order chi connectivity index (χ0) is 19.1. The van der Waals surface area contributed by atoms with Gasteiger partial charge in [-0.05, 0) is 44.4 Å². The maximum absolute atomic E-state index is 13.3. The van der Waals surface area contributed by atoms with Crippen molar-refractivity contribution in [3.63, 3.8) is 0 Å². The number of H-pyrrole nitrogens is 1. The summed E-state index contributed by atoms with van der Waals surface area (Å²) in [6.07, 6.45) is 1.84. The lowest BCUT2D eigenvalue weighted by molar-refractivity contribution is 0.0599. The van der Waals surface area contributed by atoms with E-state index < -0.39 is 5.97 Å². The molecule has 0 radical (unpaired) electrons. The van der Waals surface area contributed by atoms with Crippen LogP contribution in [0.3, 0.4) is 0 Å². The van der Waals surface area contributed by atoms with Crippen LogP contribution in [-0.4, -0.2) is 40.4 Å². The molecule has 0 aliphatic carbocycles. The van der Waals surface area contributed by atoms with Gasteiger partial charge in [-0.2, -0.15) is 0 Å². The number of amides is 1. The summed E-state index contributed by atoms with van der Waals surface area (Å²) >= 11 is 1.64. The van der Waals surface area contributed by atoms with Gasteiger partial charge in [-0.15, -0.1) is 11.3 Å². The van der Waals surface area contributed by atoms with Crippen LogP contribution in [0.15, 0.2) is 24.3 Å². The number of carbonyl (C=O) groups excluding carboxylic acids is 2. The highest BCUT2D eigenvalue weighted by Gasteiger charge is 2.35. The summed E-state index contributed by atoms with van der Waals surface area (Å²) < 4.78 is 5.98. The Morgan fingerprint density at radius 3 is 2.81 bits per heavy atom. The van der Waals surface area contributed by atoms with Crippen molar-refractivity contribution in [3.05, 3.63) is 51.8 Å². The minimum Gasteiger partial charge on any atom is -0.465 e. The van der Waals surface area contributed by atoms with E-state index in [1.165, 1.54) is 7.11 Å².